The quantitative estimate of drug-likeness (QED) is 0.300. The Labute approximate surface area is 183 Å². The average molecular weight is 492 g/mol. The summed E-state index contributed by atoms with van der Waals surface area (Å²) < 4.78 is 2.01. The Kier molecular flexibility index (Phi) is 8.69. The summed E-state index contributed by atoms with van der Waals surface area (Å²) in [5.74, 6) is 1.74. The van der Waals surface area contributed by atoms with Crippen LogP contribution in [-0.4, -0.2) is 33.6 Å². The third-order valence-corrected chi connectivity index (χ3v) is 4.58. The van der Waals surface area contributed by atoms with Gasteiger partial charge >= 0.3 is 0 Å². The van der Waals surface area contributed by atoms with E-state index in [1.54, 1.807) is 0 Å². The Morgan fingerprint density at radius 1 is 1.11 bits per heavy atom. The Balaban J connectivity index is 0.00000280. The van der Waals surface area contributed by atoms with Gasteiger partial charge in [0.1, 0.15) is 5.82 Å². The third kappa shape index (κ3) is 5.67. The van der Waals surface area contributed by atoms with E-state index in [1.807, 2.05) is 28.8 Å². The monoisotopic (exact) mass is 492 g/mol. The molecule has 0 radical (unpaired) electrons. The number of fused-ring (bicyclic) bond motifs is 1. The highest BCUT2D eigenvalue weighted by Gasteiger charge is 2.08. The lowest BCUT2D eigenvalue weighted by Gasteiger charge is -2.18. The van der Waals surface area contributed by atoms with Crippen LogP contribution in [0.2, 0.25) is 0 Å². The number of nitrogens with zero attached hydrogens (tertiary/aromatic N) is 4. The molecule has 0 aliphatic heterocycles. The van der Waals surface area contributed by atoms with Gasteiger partial charge in [-0.3, -0.25) is 9.39 Å². The first kappa shape index (κ1) is 22.1. The smallest absolute Gasteiger partial charge is 0.191 e. The summed E-state index contributed by atoms with van der Waals surface area (Å²) in [5, 5.41) is 15.3. The number of benzene rings is 1. The van der Waals surface area contributed by atoms with Crippen molar-refractivity contribution < 1.29 is 0 Å². The normalized spacial score (nSPS) is 12.5. The van der Waals surface area contributed by atoms with Gasteiger partial charge in [-0.1, -0.05) is 37.3 Å². The van der Waals surface area contributed by atoms with Crippen molar-refractivity contribution in [2.75, 3.05) is 13.1 Å². The number of hydrogen-bond acceptors (Lipinski definition) is 3. The van der Waals surface area contributed by atoms with Crippen molar-refractivity contribution in [3.63, 3.8) is 0 Å². The molecule has 0 saturated heterocycles. The van der Waals surface area contributed by atoms with E-state index in [1.165, 1.54) is 11.1 Å². The molecule has 0 saturated carbocycles. The maximum Gasteiger partial charge on any atom is 0.191 e. The minimum Gasteiger partial charge on any atom is -0.357 e. The van der Waals surface area contributed by atoms with Gasteiger partial charge in [0.2, 0.25) is 0 Å². The van der Waals surface area contributed by atoms with Gasteiger partial charge in [-0.05, 0) is 43.5 Å². The highest BCUT2D eigenvalue weighted by molar-refractivity contribution is 14.0. The van der Waals surface area contributed by atoms with E-state index in [0.29, 0.717) is 6.54 Å². The van der Waals surface area contributed by atoms with Gasteiger partial charge < -0.3 is 10.6 Å². The van der Waals surface area contributed by atoms with E-state index >= 15 is 0 Å². The fraction of sp³-hybridized carbons (Fsp3) is 0.381. The number of aliphatic imine (C=N–C) groups is 1. The number of halogens is 1. The van der Waals surface area contributed by atoms with Crippen molar-refractivity contribution in [2.24, 2.45) is 4.99 Å². The maximum atomic E-state index is 4.71. The fourth-order valence-electron chi connectivity index (χ4n) is 2.98. The van der Waals surface area contributed by atoms with Gasteiger partial charge in [0.25, 0.3) is 0 Å². The lowest BCUT2D eigenvalue weighted by Crippen LogP contribution is -2.38. The SMILES string of the molecule is CCNC(=NCCc1nnc2ccccn12)NC(C)c1ccc(CC)cc1.I. The molecule has 150 valence electrons. The molecule has 0 fully saturated rings. The summed E-state index contributed by atoms with van der Waals surface area (Å²) in [4.78, 5) is 4.71. The molecule has 7 heteroatoms. The number of hydrogen-bond donors (Lipinski definition) is 2. The summed E-state index contributed by atoms with van der Waals surface area (Å²) in [6.45, 7) is 7.86. The average Bonchev–Trinajstić information content (AvgIpc) is 3.11. The van der Waals surface area contributed by atoms with Gasteiger partial charge in [0.15, 0.2) is 11.6 Å². The van der Waals surface area contributed by atoms with E-state index in [9.17, 15) is 0 Å². The largest absolute Gasteiger partial charge is 0.357 e. The number of aromatic nitrogens is 3. The van der Waals surface area contributed by atoms with E-state index in [-0.39, 0.29) is 30.0 Å². The highest BCUT2D eigenvalue weighted by atomic mass is 127. The molecule has 1 aromatic carbocycles. The van der Waals surface area contributed by atoms with Crippen molar-refractivity contribution in [1.29, 1.82) is 0 Å². The minimum atomic E-state index is 0. The van der Waals surface area contributed by atoms with Crippen LogP contribution < -0.4 is 10.6 Å². The van der Waals surface area contributed by atoms with Gasteiger partial charge in [-0.25, -0.2) is 0 Å². The van der Waals surface area contributed by atoms with Crippen molar-refractivity contribution in [3.8, 4) is 0 Å². The second kappa shape index (κ2) is 11.0. The van der Waals surface area contributed by atoms with E-state index in [0.717, 1.165) is 36.8 Å². The molecule has 0 bridgehead atoms. The molecule has 3 rings (SSSR count). The molecular formula is C21H29IN6. The van der Waals surface area contributed by atoms with Crippen LogP contribution in [0.1, 0.15) is 43.8 Å². The first-order valence-electron chi connectivity index (χ1n) is 9.63. The number of pyridine rings is 1. The molecule has 2 heterocycles. The zero-order valence-corrected chi connectivity index (χ0v) is 19.1. The fourth-order valence-corrected chi connectivity index (χ4v) is 2.98. The molecule has 2 N–H and O–H groups in total. The lowest BCUT2D eigenvalue weighted by atomic mass is 10.1. The molecule has 3 aromatic rings. The molecule has 0 aliphatic carbocycles. The molecule has 0 spiro atoms. The molecular weight excluding hydrogens is 463 g/mol. The van der Waals surface area contributed by atoms with Crippen molar-refractivity contribution in [2.45, 2.75) is 39.7 Å². The Morgan fingerprint density at radius 2 is 1.89 bits per heavy atom. The molecule has 2 aromatic heterocycles. The molecule has 1 unspecified atom stereocenters. The Bertz CT molecular complexity index is 887. The topological polar surface area (TPSA) is 66.6 Å². The van der Waals surface area contributed by atoms with Gasteiger partial charge in [-0.15, -0.1) is 34.2 Å². The molecule has 0 amide bonds. The standard InChI is InChI=1S/C21H28N6.HI/c1-4-17-9-11-18(12-10-17)16(3)24-21(22-5-2)23-14-13-20-26-25-19-8-6-7-15-27(19)20;/h6-12,15-16H,4-5,13-14H2,1-3H3,(H2,22,23,24);1H. The van der Waals surface area contributed by atoms with Crippen LogP contribution in [0.15, 0.2) is 53.7 Å². The predicted octanol–water partition coefficient (Wildman–Crippen LogP) is 3.77. The second-order valence-electron chi connectivity index (χ2n) is 6.52. The molecule has 6 nitrogen and oxygen atoms in total. The summed E-state index contributed by atoms with van der Waals surface area (Å²) in [6, 6.07) is 14.8. The number of aryl methyl sites for hydroxylation is 1. The maximum absolute atomic E-state index is 4.71. The van der Waals surface area contributed by atoms with Gasteiger partial charge in [0, 0.05) is 25.7 Å². The minimum absolute atomic E-state index is 0. The lowest BCUT2D eigenvalue weighted by molar-refractivity contribution is 0.684. The summed E-state index contributed by atoms with van der Waals surface area (Å²) >= 11 is 0. The van der Waals surface area contributed by atoms with E-state index in [2.05, 4.69) is 65.9 Å². The third-order valence-electron chi connectivity index (χ3n) is 4.58. The zero-order valence-electron chi connectivity index (χ0n) is 16.7. The predicted molar refractivity (Wildman–Crippen MR) is 125 cm³/mol. The van der Waals surface area contributed by atoms with Crippen molar-refractivity contribution >= 4 is 35.6 Å². The number of guanidine groups is 1. The Hall–Kier alpha value is -2.16. The van der Waals surface area contributed by atoms with E-state index < -0.39 is 0 Å². The van der Waals surface area contributed by atoms with Crippen molar-refractivity contribution in [1.82, 2.24) is 25.2 Å². The summed E-state index contributed by atoms with van der Waals surface area (Å²) in [7, 11) is 0. The molecule has 1 atom stereocenters. The zero-order chi connectivity index (χ0) is 19.1. The second-order valence-corrected chi connectivity index (χ2v) is 6.52. The van der Waals surface area contributed by atoms with Gasteiger partial charge in [0.05, 0.1) is 6.04 Å². The van der Waals surface area contributed by atoms with Crippen molar-refractivity contribution in [3.05, 3.63) is 65.6 Å². The van der Waals surface area contributed by atoms with Crippen LogP contribution in [-0.2, 0) is 12.8 Å². The summed E-state index contributed by atoms with van der Waals surface area (Å²) in [6.07, 6.45) is 3.78. The molecule has 28 heavy (non-hydrogen) atoms. The van der Waals surface area contributed by atoms with Gasteiger partial charge in [-0.2, -0.15) is 0 Å². The number of nitrogens with one attached hydrogen (secondary N) is 2. The van der Waals surface area contributed by atoms with Crippen LogP contribution in [0, 0.1) is 0 Å². The molecule has 0 aliphatic rings. The van der Waals surface area contributed by atoms with Crippen LogP contribution >= 0.6 is 24.0 Å². The van der Waals surface area contributed by atoms with E-state index in [4.69, 9.17) is 4.99 Å². The first-order chi connectivity index (χ1) is 13.2. The number of rotatable bonds is 7. The van der Waals surface area contributed by atoms with Crippen LogP contribution in [0.3, 0.4) is 0 Å². The Morgan fingerprint density at radius 3 is 2.61 bits per heavy atom. The van der Waals surface area contributed by atoms with Crippen LogP contribution in [0.25, 0.3) is 5.65 Å². The summed E-state index contributed by atoms with van der Waals surface area (Å²) in [5.41, 5.74) is 3.47. The highest BCUT2D eigenvalue weighted by Crippen LogP contribution is 2.13. The van der Waals surface area contributed by atoms with Crippen LogP contribution in [0.4, 0.5) is 0 Å². The van der Waals surface area contributed by atoms with Crippen LogP contribution in [0.5, 0.6) is 0 Å². The first-order valence-corrected chi connectivity index (χ1v) is 9.63.